The monoisotopic (exact) mass is 335 g/mol. The number of carbonyl (C=O) groups is 1. The number of piperazine rings is 1. The summed E-state index contributed by atoms with van der Waals surface area (Å²) in [6.45, 7) is 5.74. The van der Waals surface area contributed by atoms with Gasteiger partial charge in [-0.3, -0.25) is 14.6 Å². The topological polar surface area (TPSA) is 44.8 Å². The molecule has 1 aromatic carbocycles. The maximum atomic E-state index is 11.6. The zero-order chi connectivity index (χ0) is 16.5. The molecule has 0 spiro atoms. The molecular formula is C17H22ClN3O2. The van der Waals surface area contributed by atoms with Crippen LogP contribution in [0.1, 0.15) is 0 Å². The summed E-state index contributed by atoms with van der Waals surface area (Å²) in [7, 11) is 0. The molecular weight excluding hydrogens is 314 g/mol. The molecule has 124 valence electrons. The van der Waals surface area contributed by atoms with Gasteiger partial charge in [0.1, 0.15) is 12.4 Å². The fraction of sp³-hybridized carbons (Fsp3) is 0.471. The van der Waals surface area contributed by atoms with Crippen molar-refractivity contribution in [3.63, 3.8) is 0 Å². The van der Waals surface area contributed by atoms with Gasteiger partial charge in [0.2, 0.25) is 5.91 Å². The van der Waals surface area contributed by atoms with Crippen LogP contribution in [0.3, 0.4) is 0 Å². The Balaban J connectivity index is 1.62. The number of hydrogen-bond donors (Lipinski definition) is 1. The molecule has 1 aromatic rings. The van der Waals surface area contributed by atoms with Crippen LogP contribution in [0.15, 0.2) is 24.3 Å². The number of halogens is 1. The minimum atomic E-state index is -0.0153. The number of nitrogens with one attached hydrogen (secondary N) is 1. The Morgan fingerprint density at radius 3 is 2.65 bits per heavy atom. The summed E-state index contributed by atoms with van der Waals surface area (Å²) in [4.78, 5) is 16.1. The number of para-hydroxylation sites is 1. The van der Waals surface area contributed by atoms with Gasteiger partial charge in [0.15, 0.2) is 0 Å². The quantitative estimate of drug-likeness (QED) is 0.758. The van der Waals surface area contributed by atoms with Crippen LogP contribution in [-0.4, -0.2) is 68.1 Å². The summed E-state index contributed by atoms with van der Waals surface area (Å²) in [5, 5.41) is 3.32. The average molecular weight is 336 g/mol. The van der Waals surface area contributed by atoms with E-state index in [-0.39, 0.29) is 12.5 Å². The second kappa shape index (κ2) is 9.41. The summed E-state index contributed by atoms with van der Waals surface area (Å²) in [6.07, 6.45) is 5.12. The molecule has 2 rings (SSSR count). The van der Waals surface area contributed by atoms with E-state index >= 15 is 0 Å². The highest BCUT2D eigenvalue weighted by atomic mass is 35.5. The van der Waals surface area contributed by atoms with Gasteiger partial charge in [-0.2, -0.15) is 0 Å². The Morgan fingerprint density at radius 1 is 1.26 bits per heavy atom. The average Bonchev–Trinajstić information content (AvgIpc) is 2.56. The molecule has 0 radical (unpaired) electrons. The molecule has 0 aromatic heterocycles. The molecule has 1 heterocycles. The number of ether oxygens (including phenoxy) is 1. The van der Waals surface area contributed by atoms with Crippen molar-refractivity contribution in [3.8, 4) is 18.1 Å². The smallest absolute Gasteiger partial charge is 0.234 e. The van der Waals surface area contributed by atoms with Gasteiger partial charge in [0.05, 0.1) is 18.1 Å². The van der Waals surface area contributed by atoms with Crippen molar-refractivity contribution in [1.82, 2.24) is 15.1 Å². The van der Waals surface area contributed by atoms with Crippen molar-refractivity contribution in [3.05, 3.63) is 29.3 Å². The molecule has 1 aliphatic heterocycles. The second-order valence-corrected chi connectivity index (χ2v) is 5.78. The summed E-state index contributed by atoms with van der Waals surface area (Å²) in [5.74, 6) is 3.11. The zero-order valence-electron chi connectivity index (χ0n) is 13.1. The largest absolute Gasteiger partial charge is 0.491 e. The molecule has 1 fully saturated rings. The van der Waals surface area contributed by atoms with Crippen molar-refractivity contribution in [1.29, 1.82) is 0 Å². The molecule has 0 atom stereocenters. The molecule has 1 saturated heterocycles. The first kappa shape index (κ1) is 17.6. The van der Waals surface area contributed by atoms with Gasteiger partial charge in [-0.05, 0) is 12.1 Å². The summed E-state index contributed by atoms with van der Waals surface area (Å²) < 4.78 is 5.71. The van der Waals surface area contributed by atoms with Crippen molar-refractivity contribution in [2.24, 2.45) is 0 Å². The van der Waals surface area contributed by atoms with Gasteiger partial charge in [-0.25, -0.2) is 0 Å². The highest BCUT2D eigenvalue weighted by molar-refractivity contribution is 6.32. The van der Waals surface area contributed by atoms with Gasteiger partial charge in [0, 0.05) is 32.7 Å². The van der Waals surface area contributed by atoms with Crippen molar-refractivity contribution >= 4 is 17.5 Å². The van der Waals surface area contributed by atoms with E-state index in [4.69, 9.17) is 22.8 Å². The van der Waals surface area contributed by atoms with E-state index in [1.54, 1.807) is 0 Å². The highest BCUT2D eigenvalue weighted by Gasteiger charge is 2.18. The van der Waals surface area contributed by atoms with Crippen LogP contribution >= 0.6 is 11.6 Å². The molecule has 0 bridgehead atoms. The number of hydrogen-bond acceptors (Lipinski definition) is 4. The highest BCUT2D eigenvalue weighted by Crippen LogP contribution is 2.22. The maximum absolute atomic E-state index is 11.6. The minimum Gasteiger partial charge on any atom is -0.491 e. The van der Waals surface area contributed by atoms with Gasteiger partial charge in [-0.15, -0.1) is 6.42 Å². The van der Waals surface area contributed by atoms with E-state index in [1.807, 2.05) is 24.3 Å². The number of rotatable bonds is 7. The van der Waals surface area contributed by atoms with E-state index in [1.165, 1.54) is 0 Å². The van der Waals surface area contributed by atoms with Crippen LogP contribution < -0.4 is 10.1 Å². The Kier molecular flexibility index (Phi) is 7.21. The second-order valence-electron chi connectivity index (χ2n) is 5.38. The fourth-order valence-corrected chi connectivity index (χ4v) is 2.62. The van der Waals surface area contributed by atoms with E-state index in [0.29, 0.717) is 18.2 Å². The van der Waals surface area contributed by atoms with Crippen LogP contribution in [0, 0.1) is 12.3 Å². The third kappa shape index (κ3) is 6.11. The molecule has 6 heteroatoms. The Bertz CT molecular complexity index is 551. The molecule has 1 amide bonds. The Labute approximate surface area is 142 Å². The predicted octanol–water partition coefficient (Wildman–Crippen LogP) is 1.09. The lowest BCUT2D eigenvalue weighted by molar-refractivity contribution is -0.122. The summed E-state index contributed by atoms with van der Waals surface area (Å²) in [5.41, 5.74) is 0. The minimum absolute atomic E-state index is 0.0153. The van der Waals surface area contributed by atoms with Crippen molar-refractivity contribution in [2.45, 2.75) is 0 Å². The number of nitrogens with zero attached hydrogens (tertiary/aromatic N) is 2. The van der Waals surface area contributed by atoms with E-state index in [0.717, 1.165) is 38.5 Å². The number of amides is 1. The van der Waals surface area contributed by atoms with Gasteiger partial charge in [0.25, 0.3) is 0 Å². The van der Waals surface area contributed by atoms with Crippen LogP contribution in [0.4, 0.5) is 0 Å². The third-order valence-electron chi connectivity index (χ3n) is 3.72. The Morgan fingerprint density at radius 2 is 1.96 bits per heavy atom. The lowest BCUT2D eigenvalue weighted by Crippen LogP contribution is -2.50. The van der Waals surface area contributed by atoms with Crippen LogP contribution in [0.25, 0.3) is 0 Å². The number of benzene rings is 1. The zero-order valence-corrected chi connectivity index (χ0v) is 13.9. The lowest BCUT2D eigenvalue weighted by Gasteiger charge is -2.34. The standard InChI is InChI=1S/C17H22ClN3O2/c1-2-7-19-17(22)14-21-10-8-20(9-11-21)12-13-23-16-6-4-3-5-15(16)18/h1,3-6H,7-14H2,(H,19,22). The maximum Gasteiger partial charge on any atom is 0.234 e. The van der Waals surface area contributed by atoms with Crippen molar-refractivity contribution < 1.29 is 9.53 Å². The molecule has 5 nitrogen and oxygen atoms in total. The third-order valence-corrected chi connectivity index (χ3v) is 4.03. The molecule has 23 heavy (non-hydrogen) atoms. The van der Waals surface area contributed by atoms with E-state index in [2.05, 4.69) is 21.0 Å². The fourth-order valence-electron chi connectivity index (χ4n) is 2.43. The molecule has 0 aliphatic carbocycles. The first-order chi connectivity index (χ1) is 11.2. The van der Waals surface area contributed by atoms with Crippen LogP contribution in [0.5, 0.6) is 5.75 Å². The van der Waals surface area contributed by atoms with Crippen LogP contribution in [0.2, 0.25) is 5.02 Å². The van der Waals surface area contributed by atoms with E-state index in [9.17, 15) is 4.79 Å². The van der Waals surface area contributed by atoms with Crippen molar-refractivity contribution in [2.75, 3.05) is 52.4 Å². The number of terminal acetylenes is 1. The van der Waals surface area contributed by atoms with Gasteiger partial charge < -0.3 is 10.1 Å². The summed E-state index contributed by atoms with van der Waals surface area (Å²) in [6, 6.07) is 7.48. The predicted molar refractivity (Wildman–Crippen MR) is 91.7 cm³/mol. The van der Waals surface area contributed by atoms with E-state index < -0.39 is 0 Å². The van der Waals surface area contributed by atoms with Crippen LogP contribution in [-0.2, 0) is 4.79 Å². The van der Waals surface area contributed by atoms with Gasteiger partial charge in [-0.1, -0.05) is 29.7 Å². The number of carbonyl (C=O) groups excluding carboxylic acids is 1. The SMILES string of the molecule is C#CCNC(=O)CN1CCN(CCOc2ccccc2Cl)CC1. The first-order valence-corrected chi connectivity index (χ1v) is 8.09. The first-order valence-electron chi connectivity index (χ1n) is 7.71. The molecule has 0 saturated carbocycles. The Hall–Kier alpha value is -1.74. The molecule has 0 unspecified atom stereocenters. The molecule has 1 aliphatic rings. The normalized spacial score (nSPS) is 15.8. The summed E-state index contributed by atoms with van der Waals surface area (Å²) >= 11 is 6.05. The van der Waals surface area contributed by atoms with Gasteiger partial charge >= 0.3 is 0 Å². The lowest BCUT2D eigenvalue weighted by atomic mass is 10.3. The molecule has 1 N–H and O–H groups in total.